The lowest BCUT2D eigenvalue weighted by molar-refractivity contribution is -0.0399. The Morgan fingerprint density at radius 1 is 0.462 bits per heavy atom. The van der Waals surface area contributed by atoms with Crippen LogP contribution in [-0.2, 0) is 5.41 Å². The van der Waals surface area contributed by atoms with Crippen LogP contribution in [0.25, 0.3) is 75.5 Å². The monoisotopic (exact) mass is 684 g/mol. The Morgan fingerprint density at radius 2 is 1.12 bits per heavy atom. The molecule has 1 aromatic heterocycles. The van der Waals surface area contributed by atoms with Crippen LogP contribution in [0, 0.1) is 23.7 Å². The first kappa shape index (κ1) is 28.4. The number of thiophene rings is 1. The smallest absolute Gasteiger partial charge is 0.135 e. The van der Waals surface area contributed by atoms with Gasteiger partial charge in [0.05, 0.1) is 0 Å². The highest BCUT2D eigenvalue weighted by molar-refractivity contribution is 7.26. The van der Waals surface area contributed by atoms with E-state index in [4.69, 9.17) is 4.74 Å². The molecule has 1 spiro atoms. The summed E-state index contributed by atoms with van der Waals surface area (Å²) in [5, 5.41) is 5.16. The maximum absolute atomic E-state index is 6.74. The Bertz CT molecular complexity index is 2830. The van der Waals surface area contributed by atoms with Gasteiger partial charge in [0.1, 0.15) is 11.5 Å². The average molecular weight is 685 g/mol. The van der Waals surface area contributed by atoms with E-state index in [1.54, 1.807) is 11.1 Å². The van der Waals surface area contributed by atoms with Crippen molar-refractivity contribution < 1.29 is 4.74 Å². The summed E-state index contributed by atoms with van der Waals surface area (Å²) in [6, 6.07) is 50.6. The highest BCUT2D eigenvalue weighted by Crippen LogP contribution is 2.69. The summed E-state index contributed by atoms with van der Waals surface area (Å²) in [6.45, 7) is 0. The maximum Gasteiger partial charge on any atom is 0.135 e. The molecule has 52 heavy (non-hydrogen) atoms. The second-order valence-corrected chi connectivity index (χ2v) is 17.5. The van der Waals surface area contributed by atoms with Crippen molar-refractivity contribution in [1.82, 2.24) is 0 Å². The minimum atomic E-state index is 0.164. The summed E-state index contributed by atoms with van der Waals surface area (Å²) < 4.78 is 9.42. The zero-order valence-corrected chi connectivity index (χ0v) is 29.7. The molecule has 4 saturated carbocycles. The molecule has 0 saturated heterocycles. The van der Waals surface area contributed by atoms with Crippen molar-refractivity contribution in [2.24, 2.45) is 23.7 Å². The van der Waals surface area contributed by atoms with Crippen molar-refractivity contribution in [2.75, 3.05) is 0 Å². The molecule has 4 fully saturated rings. The molecule has 7 aromatic carbocycles. The lowest BCUT2D eigenvalue weighted by Crippen LogP contribution is -2.55. The van der Waals surface area contributed by atoms with E-state index in [1.807, 2.05) is 11.3 Å². The maximum atomic E-state index is 6.74. The van der Waals surface area contributed by atoms with E-state index in [0.717, 1.165) is 35.2 Å². The minimum absolute atomic E-state index is 0.164. The Balaban J connectivity index is 0.976. The molecule has 0 atom stereocenters. The van der Waals surface area contributed by atoms with Crippen molar-refractivity contribution in [3.8, 4) is 56.0 Å². The van der Waals surface area contributed by atoms with Gasteiger partial charge in [0.15, 0.2) is 0 Å². The van der Waals surface area contributed by atoms with E-state index in [2.05, 4.69) is 133 Å². The van der Waals surface area contributed by atoms with E-state index < -0.39 is 0 Å². The van der Waals surface area contributed by atoms with E-state index >= 15 is 0 Å². The number of hydrogen-bond acceptors (Lipinski definition) is 2. The van der Waals surface area contributed by atoms with Crippen LogP contribution in [0.3, 0.4) is 0 Å². The Hall–Kier alpha value is -5.18. The first-order valence-electron chi connectivity index (χ1n) is 19.3. The van der Waals surface area contributed by atoms with Crippen LogP contribution in [0.1, 0.15) is 43.2 Å². The molecule has 2 heterocycles. The lowest BCUT2D eigenvalue weighted by atomic mass is 9.43. The highest BCUT2D eigenvalue weighted by Gasteiger charge is 2.61. The molecule has 4 bridgehead atoms. The molecule has 0 amide bonds. The summed E-state index contributed by atoms with van der Waals surface area (Å²) >= 11 is 1.89. The van der Waals surface area contributed by atoms with Crippen LogP contribution in [0.2, 0.25) is 0 Å². The highest BCUT2D eigenvalue weighted by atomic mass is 32.1. The molecule has 2 heteroatoms. The van der Waals surface area contributed by atoms with Gasteiger partial charge in [-0.15, -0.1) is 11.3 Å². The predicted molar refractivity (Wildman–Crippen MR) is 216 cm³/mol. The van der Waals surface area contributed by atoms with Gasteiger partial charge in [0.2, 0.25) is 0 Å². The van der Waals surface area contributed by atoms with E-state index in [1.165, 1.54) is 108 Å². The van der Waals surface area contributed by atoms with Crippen LogP contribution < -0.4 is 4.74 Å². The van der Waals surface area contributed by atoms with Crippen LogP contribution in [0.4, 0.5) is 0 Å². The second kappa shape index (κ2) is 10.0. The first-order valence-corrected chi connectivity index (χ1v) is 20.1. The molecule has 0 N–H and O–H groups in total. The zero-order chi connectivity index (χ0) is 33.7. The molecule has 0 unspecified atom stereocenters. The number of hydrogen-bond donors (Lipinski definition) is 0. The normalized spacial score (nSPS) is 24.4. The molecule has 8 aromatic rings. The van der Waals surface area contributed by atoms with E-state index in [0.29, 0.717) is 0 Å². The topological polar surface area (TPSA) is 9.23 Å². The molecule has 14 rings (SSSR count). The molecule has 1 aliphatic heterocycles. The summed E-state index contributed by atoms with van der Waals surface area (Å²) in [5.41, 5.74) is 13.9. The summed E-state index contributed by atoms with van der Waals surface area (Å²) in [4.78, 5) is 0. The van der Waals surface area contributed by atoms with Crippen LogP contribution in [0.15, 0.2) is 133 Å². The van der Waals surface area contributed by atoms with Crippen molar-refractivity contribution in [1.29, 1.82) is 0 Å². The van der Waals surface area contributed by atoms with Crippen LogP contribution in [0.5, 0.6) is 11.5 Å². The van der Waals surface area contributed by atoms with Gasteiger partial charge in [-0.05, 0) is 142 Å². The number of ether oxygens (including phenoxy) is 1. The minimum Gasteiger partial charge on any atom is -0.456 e. The molecule has 5 aliphatic carbocycles. The predicted octanol–water partition coefficient (Wildman–Crippen LogP) is 14.0. The molecule has 0 radical (unpaired) electrons. The fourth-order valence-electron chi connectivity index (χ4n) is 12.3. The van der Waals surface area contributed by atoms with Gasteiger partial charge in [0, 0.05) is 36.5 Å². The lowest BCUT2D eigenvalue weighted by Gasteiger charge is -2.61. The summed E-state index contributed by atoms with van der Waals surface area (Å²) in [7, 11) is 0. The number of benzene rings is 7. The summed E-state index contributed by atoms with van der Waals surface area (Å²) in [5.74, 6) is 5.28. The Kier molecular flexibility index (Phi) is 5.48. The van der Waals surface area contributed by atoms with Crippen molar-refractivity contribution in [2.45, 2.75) is 37.5 Å². The van der Waals surface area contributed by atoms with Gasteiger partial charge < -0.3 is 4.74 Å². The first-order chi connectivity index (χ1) is 25.7. The largest absolute Gasteiger partial charge is 0.456 e. The Labute approximate surface area is 307 Å². The molecule has 248 valence electrons. The van der Waals surface area contributed by atoms with Gasteiger partial charge in [-0.3, -0.25) is 0 Å². The molecular formula is C50H36OS. The number of fused-ring (bicyclic) bond motifs is 8. The van der Waals surface area contributed by atoms with Gasteiger partial charge in [-0.25, -0.2) is 0 Å². The fourth-order valence-corrected chi connectivity index (χ4v) is 13.6. The third kappa shape index (κ3) is 3.54. The van der Waals surface area contributed by atoms with Gasteiger partial charge >= 0.3 is 0 Å². The molecule has 6 aliphatic rings. The van der Waals surface area contributed by atoms with Crippen LogP contribution >= 0.6 is 11.3 Å². The summed E-state index contributed by atoms with van der Waals surface area (Å²) in [6.07, 6.45) is 7.10. The van der Waals surface area contributed by atoms with Gasteiger partial charge in [-0.1, -0.05) is 103 Å². The fraction of sp³-hybridized carbons (Fsp3) is 0.200. The number of rotatable bonds is 2. The standard InChI is InChI=1S/C50H36OS/c1-3-13-43-36(7-1)37-17-15-31(27-44(37)50(43)32-22-28-21-29(24-32)25-33(50)23-28)34-18-20-46-48-39(34)10-6-11-40(48)42-26-30(16-19-45(42)51-46)35-9-5-12-41-38-8-2-4-14-47(38)52-49(35)41/h1-20,26-29,32-33H,21-25H2. The molecule has 1 nitrogen and oxygen atoms in total. The van der Waals surface area contributed by atoms with Gasteiger partial charge in [-0.2, -0.15) is 0 Å². The third-order valence-corrected chi connectivity index (χ3v) is 15.3. The quantitative estimate of drug-likeness (QED) is 0.176. The average Bonchev–Trinajstić information content (AvgIpc) is 3.71. The van der Waals surface area contributed by atoms with Crippen molar-refractivity contribution in [3.05, 3.63) is 145 Å². The third-order valence-electron chi connectivity index (χ3n) is 14.1. The Morgan fingerprint density at radius 3 is 2.00 bits per heavy atom. The molecular weight excluding hydrogens is 649 g/mol. The second-order valence-electron chi connectivity index (χ2n) is 16.4. The van der Waals surface area contributed by atoms with E-state index in [-0.39, 0.29) is 5.41 Å². The van der Waals surface area contributed by atoms with Crippen molar-refractivity contribution >= 4 is 42.3 Å². The SMILES string of the molecule is c1ccc2c(c1)-c1ccc(-c3ccc4c5c(cccc35)-c3cc(-c5cccc6c5sc5ccccc56)ccc3O4)cc1C21C2CC3CC(C2)CC1C3. The van der Waals surface area contributed by atoms with Crippen LogP contribution in [-0.4, -0.2) is 0 Å². The van der Waals surface area contributed by atoms with Crippen molar-refractivity contribution in [3.63, 3.8) is 0 Å². The zero-order valence-electron chi connectivity index (χ0n) is 28.9. The van der Waals surface area contributed by atoms with Gasteiger partial charge in [0.25, 0.3) is 0 Å². The van der Waals surface area contributed by atoms with E-state index in [9.17, 15) is 0 Å².